The zero-order valence-corrected chi connectivity index (χ0v) is 10.6. The second kappa shape index (κ2) is 5.83. The maximum Gasteiger partial charge on any atom is 0.0391 e. The highest BCUT2D eigenvalue weighted by Crippen LogP contribution is 2.32. The summed E-state index contributed by atoms with van der Waals surface area (Å²) in [6.07, 6.45) is 6.18. The molecule has 0 bridgehead atoms. The topological polar surface area (TPSA) is 41.3 Å². The Bertz CT molecular complexity index is 164. The van der Waals surface area contributed by atoms with Gasteiger partial charge in [-0.1, -0.05) is 20.8 Å². The fraction of sp³-hybridized carbons (Fsp3) is 1.00. The van der Waals surface area contributed by atoms with Gasteiger partial charge in [0.2, 0.25) is 0 Å². The normalized spacial score (nSPS) is 20.8. The van der Waals surface area contributed by atoms with E-state index < -0.39 is 0 Å². The van der Waals surface area contributed by atoms with Gasteiger partial charge in [0.15, 0.2) is 0 Å². The van der Waals surface area contributed by atoms with Crippen molar-refractivity contribution in [3.8, 4) is 0 Å². The average Bonchev–Trinajstić information content (AvgIpc) is 2.80. The maximum atomic E-state index is 5.71. The molecule has 1 atom stereocenters. The van der Waals surface area contributed by atoms with E-state index in [0.29, 0.717) is 6.04 Å². The van der Waals surface area contributed by atoms with E-state index in [1.54, 1.807) is 0 Å². The number of hydrazine groups is 1. The Hall–Kier alpha value is -0.120. The van der Waals surface area contributed by atoms with Crippen molar-refractivity contribution in [2.45, 2.75) is 64.5 Å². The average molecular weight is 213 g/mol. The number of nitrogens with two attached hydrogens (primary N) is 1. The molecule has 1 heterocycles. The van der Waals surface area contributed by atoms with Crippen LogP contribution in [0.3, 0.4) is 0 Å². The van der Waals surface area contributed by atoms with Crippen LogP contribution < -0.4 is 11.3 Å². The van der Waals surface area contributed by atoms with E-state index in [9.17, 15) is 0 Å². The summed E-state index contributed by atoms with van der Waals surface area (Å²) in [4.78, 5) is 2.65. The van der Waals surface area contributed by atoms with Crippen LogP contribution in [0, 0.1) is 0 Å². The van der Waals surface area contributed by atoms with Crippen molar-refractivity contribution in [3.63, 3.8) is 0 Å². The molecule has 15 heavy (non-hydrogen) atoms. The predicted octanol–water partition coefficient (Wildman–Crippen LogP) is 1.88. The third kappa shape index (κ3) is 2.35. The Morgan fingerprint density at radius 2 is 1.73 bits per heavy atom. The van der Waals surface area contributed by atoms with E-state index >= 15 is 0 Å². The first-order valence-electron chi connectivity index (χ1n) is 6.46. The molecule has 0 aromatic heterocycles. The van der Waals surface area contributed by atoms with Gasteiger partial charge in [0.25, 0.3) is 0 Å². The summed E-state index contributed by atoms with van der Waals surface area (Å²) in [6.45, 7) is 9.31. The largest absolute Gasteiger partial charge is 0.296 e. The number of nitrogens with one attached hydrogen (secondary N) is 1. The summed E-state index contributed by atoms with van der Waals surface area (Å²) in [5, 5.41) is 0. The lowest BCUT2D eigenvalue weighted by molar-refractivity contribution is 0.0605. The molecule has 3 heteroatoms. The summed E-state index contributed by atoms with van der Waals surface area (Å²) in [5.74, 6) is 5.71. The third-order valence-electron chi connectivity index (χ3n) is 4.22. The van der Waals surface area contributed by atoms with E-state index in [-0.39, 0.29) is 5.54 Å². The summed E-state index contributed by atoms with van der Waals surface area (Å²) in [7, 11) is 0. The van der Waals surface area contributed by atoms with Gasteiger partial charge in [-0.3, -0.25) is 16.2 Å². The highest BCUT2D eigenvalue weighted by Gasteiger charge is 2.40. The molecule has 3 N–H and O–H groups in total. The lowest BCUT2D eigenvalue weighted by atomic mass is 9.82. The third-order valence-corrected chi connectivity index (χ3v) is 4.22. The molecule has 1 unspecified atom stereocenters. The van der Waals surface area contributed by atoms with Crippen molar-refractivity contribution in [2.75, 3.05) is 13.1 Å². The van der Waals surface area contributed by atoms with Crippen LogP contribution in [0.1, 0.15) is 52.9 Å². The van der Waals surface area contributed by atoms with Gasteiger partial charge in [0.1, 0.15) is 0 Å². The van der Waals surface area contributed by atoms with Gasteiger partial charge in [0, 0.05) is 11.6 Å². The second-order valence-electron chi connectivity index (χ2n) is 4.63. The summed E-state index contributed by atoms with van der Waals surface area (Å²) in [5.41, 5.74) is 3.31. The minimum Gasteiger partial charge on any atom is -0.296 e. The monoisotopic (exact) mass is 213 g/mol. The van der Waals surface area contributed by atoms with E-state index in [1.165, 1.54) is 38.8 Å². The first kappa shape index (κ1) is 12.9. The lowest BCUT2D eigenvalue weighted by Gasteiger charge is -2.46. The molecular weight excluding hydrogens is 186 g/mol. The number of hydrogen-bond acceptors (Lipinski definition) is 3. The van der Waals surface area contributed by atoms with Crippen LogP contribution in [-0.4, -0.2) is 29.6 Å². The second-order valence-corrected chi connectivity index (χ2v) is 4.63. The van der Waals surface area contributed by atoms with Crippen molar-refractivity contribution >= 4 is 0 Å². The Morgan fingerprint density at radius 3 is 2.07 bits per heavy atom. The van der Waals surface area contributed by atoms with Gasteiger partial charge in [-0.2, -0.15) is 0 Å². The number of likely N-dealkylation sites (tertiary alicyclic amines) is 1. The summed E-state index contributed by atoms with van der Waals surface area (Å²) >= 11 is 0. The first-order chi connectivity index (χ1) is 7.25. The Kier molecular flexibility index (Phi) is 5.03. The van der Waals surface area contributed by atoms with Crippen molar-refractivity contribution in [1.29, 1.82) is 0 Å². The van der Waals surface area contributed by atoms with Gasteiger partial charge in [0.05, 0.1) is 0 Å². The molecule has 1 aliphatic rings. The molecule has 0 saturated carbocycles. The Morgan fingerprint density at radius 1 is 1.20 bits per heavy atom. The lowest BCUT2D eigenvalue weighted by Crippen LogP contribution is -2.61. The fourth-order valence-electron chi connectivity index (χ4n) is 3.23. The van der Waals surface area contributed by atoms with Crippen molar-refractivity contribution < 1.29 is 0 Å². The van der Waals surface area contributed by atoms with E-state index in [1.807, 2.05) is 0 Å². The Labute approximate surface area is 94.4 Å². The standard InChI is InChI=1S/C12H27N3/c1-4-11(14-13)12(5-2,6-3)15-9-7-8-10-15/h11,14H,4-10,13H2,1-3H3. The quantitative estimate of drug-likeness (QED) is 0.523. The minimum absolute atomic E-state index is 0.278. The number of hydrogen-bond donors (Lipinski definition) is 2. The van der Waals surface area contributed by atoms with Crippen LogP contribution in [0.2, 0.25) is 0 Å². The molecule has 90 valence electrons. The molecule has 1 rings (SSSR count). The van der Waals surface area contributed by atoms with Crippen molar-refractivity contribution in [3.05, 3.63) is 0 Å². The summed E-state index contributed by atoms with van der Waals surface area (Å²) < 4.78 is 0. The van der Waals surface area contributed by atoms with Gasteiger partial charge in [-0.15, -0.1) is 0 Å². The van der Waals surface area contributed by atoms with Crippen LogP contribution in [0.15, 0.2) is 0 Å². The molecule has 0 aliphatic carbocycles. The maximum absolute atomic E-state index is 5.71. The molecule has 3 nitrogen and oxygen atoms in total. The van der Waals surface area contributed by atoms with E-state index in [0.717, 1.165) is 6.42 Å². The SMILES string of the molecule is CCC(NN)C(CC)(CC)N1CCCC1. The number of rotatable bonds is 6. The molecule has 0 radical (unpaired) electrons. The fourth-order valence-corrected chi connectivity index (χ4v) is 3.23. The molecule has 1 aliphatic heterocycles. The van der Waals surface area contributed by atoms with Gasteiger partial charge < -0.3 is 0 Å². The minimum atomic E-state index is 0.278. The molecule has 0 aromatic rings. The smallest absolute Gasteiger partial charge is 0.0391 e. The van der Waals surface area contributed by atoms with Crippen LogP contribution in [0.25, 0.3) is 0 Å². The van der Waals surface area contributed by atoms with Crippen molar-refractivity contribution in [2.24, 2.45) is 5.84 Å². The molecule has 0 aromatic carbocycles. The Balaban J connectivity index is 2.83. The van der Waals surface area contributed by atoms with Crippen LogP contribution in [-0.2, 0) is 0 Å². The summed E-state index contributed by atoms with van der Waals surface area (Å²) in [6, 6.07) is 0.422. The van der Waals surface area contributed by atoms with Crippen LogP contribution in [0.4, 0.5) is 0 Å². The zero-order valence-electron chi connectivity index (χ0n) is 10.6. The van der Waals surface area contributed by atoms with Gasteiger partial charge in [-0.25, -0.2) is 0 Å². The zero-order chi connectivity index (χ0) is 11.3. The van der Waals surface area contributed by atoms with E-state index in [2.05, 4.69) is 31.1 Å². The number of nitrogens with zero attached hydrogens (tertiary/aromatic N) is 1. The highest BCUT2D eigenvalue weighted by molar-refractivity contribution is 4.99. The first-order valence-corrected chi connectivity index (χ1v) is 6.46. The van der Waals surface area contributed by atoms with Gasteiger partial charge >= 0.3 is 0 Å². The van der Waals surface area contributed by atoms with Crippen LogP contribution >= 0.6 is 0 Å². The van der Waals surface area contributed by atoms with E-state index in [4.69, 9.17) is 5.84 Å². The molecule has 1 fully saturated rings. The molecular formula is C12H27N3. The molecule has 1 saturated heterocycles. The van der Waals surface area contributed by atoms with Gasteiger partial charge in [-0.05, 0) is 45.2 Å². The molecule has 0 spiro atoms. The highest BCUT2D eigenvalue weighted by atomic mass is 15.3. The predicted molar refractivity (Wildman–Crippen MR) is 65.5 cm³/mol. The molecule has 0 amide bonds. The van der Waals surface area contributed by atoms with Crippen LogP contribution in [0.5, 0.6) is 0 Å². The van der Waals surface area contributed by atoms with Crippen molar-refractivity contribution in [1.82, 2.24) is 10.3 Å².